The largest absolute Gasteiger partial charge is 0.479 e. The number of hydrogen-bond acceptors (Lipinski definition) is 4. The van der Waals surface area contributed by atoms with E-state index in [0.717, 1.165) is 0 Å². The minimum absolute atomic E-state index is 0.931. The Hall–Kier alpha value is -1.10. The summed E-state index contributed by atoms with van der Waals surface area (Å²) in [7, 11) is 0. The summed E-state index contributed by atoms with van der Waals surface area (Å²) in [5.41, 5.74) is 0. The number of esters is 1. The number of carboxylic acid groups (broad SMARTS) is 1. The maximum Gasteiger partial charge on any atom is 0.344 e. The van der Waals surface area contributed by atoms with E-state index in [4.69, 9.17) is 10.2 Å². The van der Waals surface area contributed by atoms with Gasteiger partial charge in [0, 0.05) is 0 Å². The number of ether oxygens (including phenoxy) is 1. The molecule has 0 radical (unpaired) electrons. The molecular formula is C6H10O5. The second-order valence-electron chi connectivity index (χ2n) is 2.09. The van der Waals surface area contributed by atoms with Gasteiger partial charge >= 0.3 is 11.9 Å². The van der Waals surface area contributed by atoms with Crippen molar-refractivity contribution in [3.8, 4) is 0 Å². The van der Waals surface area contributed by atoms with E-state index in [1.165, 1.54) is 13.8 Å². The summed E-state index contributed by atoms with van der Waals surface area (Å²) in [4.78, 5) is 20.6. The summed E-state index contributed by atoms with van der Waals surface area (Å²) >= 11 is 0. The van der Waals surface area contributed by atoms with E-state index in [0.29, 0.717) is 0 Å². The van der Waals surface area contributed by atoms with Crippen LogP contribution in [0.3, 0.4) is 0 Å². The summed E-state index contributed by atoms with van der Waals surface area (Å²) in [6.45, 7) is 2.42. The van der Waals surface area contributed by atoms with Gasteiger partial charge in [-0.2, -0.15) is 0 Å². The van der Waals surface area contributed by atoms with Gasteiger partial charge in [-0.1, -0.05) is 0 Å². The average molecular weight is 162 g/mol. The SMILES string of the molecule is C[C@H](O)C(=O)O[C@@H](C)C(=O)O. The van der Waals surface area contributed by atoms with Gasteiger partial charge in [0.15, 0.2) is 6.10 Å². The molecule has 0 fully saturated rings. The standard InChI is InChI=1S/C6H10O5/c1-3(7)6(10)11-4(2)5(8)9/h3-4,7H,1-2H3,(H,8,9)/t3-,4-/m0/s1. The molecule has 0 amide bonds. The monoisotopic (exact) mass is 162 g/mol. The minimum Gasteiger partial charge on any atom is -0.479 e. The molecule has 2 N–H and O–H groups in total. The molecule has 0 saturated heterocycles. The van der Waals surface area contributed by atoms with Gasteiger partial charge in [-0.25, -0.2) is 9.59 Å². The molecule has 0 aliphatic carbocycles. The first-order valence-electron chi connectivity index (χ1n) is 3.06. The Kier molecular flexibility index (Phi) is 3.53. The van der Waals surface area contributed by atoms with E-state index in [1.807, 2.05) is 0 Å². The highest BCUT2D eigenvalue weighted by molar-refractivity contribution is 5.79. The van der Waals surface area contributed by atoms with Crippen LogP contribution < -0.4 is 0 Å². The number of hydrogen-bond donors (Lipinski definition) is 2. The fraction of sp³-hybridized carbons (Fsp3) is 0.667. The average Bonchev–Trinajstić information content (AvgIpc) is 1.87. The van der Waals surface area contributed by atoms with Gasteiger partial charge in [0.2, 0.25) is 0 Å². The van der Waals surface area contributed by atoms with Crippen molar-refractivity contribution in [3.05, 3.63) is 0 Å². The lowest BCUT2D eigenvalue weighted by Gasteiger charge is -2.09. The first-order valence-corrected chi connectivity index (χ1v) is 3.06. The molecule has 0 aromatic heterocycles. The van der Waals surface area contributed by atoms with Crippen molar-refractivity contribution in [1.82, 2.24) is 0 Å². The summed E-state index contributed by atoms with van der Waals surface area (Å²) in [5.74, 6) is -2.17. The number of carboxylic acids is 1. The number of rotatable bonds is 3. The van der Waals surface area contributed by atoms with Crippen molar-refractivity contribution in [2.24, 2.45) is 0 Å². The van der Waals surface area contributed by atoms with Crippen LogP contribution in [0, 0.1) is 0 Å². The van der Waals surface area contributed by atoms with Crippen LogP contribution in [0.5, 0.6) is 0 Å². The van der Waals surface area contributed by atoms with Gasteiger partial charge in [-0.3, -0.25) is 0 Å². The molecule has 0 rings (SSSR count). The molecule has 0 saturated carbocycles. The highest BCUT2D eigenvalue weighted by Crippen LogP contribution is 1.94. The van der Waals surface area contributed by atoms with Crippen molar-refractivity contribution < 1.29 is 24.5 Å². The Labute approximate surface area is 63.6 Å². The zero-order valence-electron chi connectivity index (χ0n) is 6.27. The zero-order chi connectivity index (χ0) is 9.02. The van der Waals surface area contributed by atoms with Gasteiger partial charge < -0.3 is 14.9 Å². The first kappa shape index (κ1) is 9.90. The van der Waals surface area contributed by atoms with Crippen LogP contribution >= 0.6 is 0 Å². The van der Waals surface area contributed by atoms with Gasteiger partial charge in [0.25, 0.3) is 0 Å². The summed E-state index contributed by atoms with van der Waals surface area (Å²) < 4.78 is 4.28. The molecule has 0 spiro atoms. The van der Waals surface area contributed by atoms with E-state index >= 15 is 0 Å². The number of carbonyl (C=O) groups is 2. The van der Waals surface area contributed by atoms with Crippen molar-refractivity contribution in [1.29, 1.82) is 0 Å². The second-order valence-corrected chi connectivity index (χ2v) is 2.09. The summed E-state index contributed by atoms with van der Waals surface area (Å²) in [5, 5.41) is 16.8. The predicted octanol–water partition coefficient (Wildman–Crippen LogP) is -0.617. The smallest absolute Gasteiger partial charge is 0.344 e. The van der Waals surface area contributed by atoms with Crippen LogP contribution in [-0.4, -0.2) is 34.4 Å². The number of aliphatic hydroxyl groups is 1. The Bertz CT molecular complexity index is 162. The highest BCUT2D eigenvalue weighted by atomic mass is 16.6. The Balaban J connectivity index is 3.85. The molecule has 2 atom stereocenters. The molecule has 64 valence electrons. The lowest BCUT2D eigenvalue weighted by Crippen LogP contribution is -2.29. The predicted molar refractivity (Wildman–Crippen MR) is 34.9 cm³/mol. The van der Waals surface area contributed by atoms with E-state index in [1.54, 1.807) is 0 Å². The number of aliphatic carboxylic acids is 1. The fourth-order valence-electron chi connectivity index (χ4n) is 0.323. The van der Waals surface area contributed by atoms with Crippen LogP contribution in [0.15, 0.2) is 0 Å². The van der Waals surface area contributed by atoms with Gasteiger partial charge in [-0.15, -0.1) is 0 Å². The van der Waals surface area contributed by atoms with E-state index in [-0.39, 0.29) is 0 Å². The molecule has 11 heavy (non-hydrogen) atoms. The lowest BCUT2D eigenvalue weighted by molar-refractivity contribution is -0.168. The third-order valence-electron chi connectivity index (χ3n) is 0.982. The molecule has 0 aliphatic rings. The summed E-state index contributed by atoms with van der Waals surface area (Å²) in [6, 6.07) is 0. The Morgan fingerprint density at radius 1 is 1.36 bits per heavy atom. The third kappa shape index (κ3) is 3.57. The molecule has 0 heterocycles. The van der Waals surface area contributed by atoms with Gasteiger partial charge in [0.1, 0.15) is 6.10 Å². The molecule has 5 nitrogen and oxygen atoms in total. The maximum absolute atomic E-state index is 10.5. The van der Waals surface area contributed by atoms with Crippen LogP contribution in [0.1, 0.15) is 13.8 Å². The molecule has 0 aromatic carbocycles. The molecule has 0 unspecified atom stereocenters. The van der Waals surface area contributed by atoms with E-state index in [9.17, 15) is 9.59 Å². The maximum atomic E-state index is 10.5. The molecule has 0 aromatic rings. The van der Waals surface area contributed by atoms with Crippen LogP contribution in [0.4, 0.5) is 0 Å². The fourth-order valence-corrected chi connectivity index (χ4v) is 0.323. The third-order valence-corrected chi connectivity index (χ3v) is 0.982. The summed E-state index contributed by atoms with van der Waals surface area (Å²) in [6.07, 6.45) is -2.49. The molecule has 0 aliphatic heterocycles. The normalized spacial score (nSPS) is 15.2. The molecule has 0 bridgehead atoms. The van der Waals surface area contributed by atoms with Crippen molar-refractivity contribution in [2.75, 3.05) is 0 Å². The lowest BCUT2D eigenvalue weighted by atomic mass is 10.4. The molecular weight excluding hydrogens is 152 g/mol. The van der Waals surface area contributed by atoms with E-state index in [2.05, 4.69) is 4.74 Å². The number of aliphatic hydroxyl groups excluding tert-OH is 1. The highest BCUT2D eigenvalue weighted by Gasteiger charge is 2.18. The van der Waals surface area contributed by atoms with Crippen LogP contribution in [0.25, 0.3) is 0 Å². The Morgan fingerprint density at radius 3 is 2.09 bits per heavy atom. The second kappa shape index (κ2) is 3.92. The van der Waals surface area contributed by atoms with E-state index < -0.39 is 24.1 Å². The topological polar surface area (TPSA) is 83.8 Å². The van der Waals surface area contributed by atoms with Crippen molar-refractivity contribution in [3.63, 3.8) is 0 Å². The molecule has 5 heteroatoms. The van der Waals surface area contributed by atoms with Crippen molar-refractivity contribution >= 4 is 11.9 Å². The quantitative estimate of drug-likeness (QED) is 0.540. The van der Waals surface area contributed by atoms with Crippen molar-refractivity contribution in [2.45, 2.75) is 26.1 Å². The zero-order valence-corrected chi connectivity index (χ0v) is 6.27. The Morgan fingerprint density at radius 2 is 1.82 bits per heavy atom. The van der Waals surface area contributed by atoms with Gasteiger partial charge in [0.05, 0.1) is 0 Å². The van der Waals surface area contributed by atoms with Gasteiger partial charge in [-0.05, 0) is 13.8 Å². The van der Waals surface area contributed by atoms with Crippen LogP contribution in [-0.2, 0) is 14.3 Å². The first-order chi connectivity index (χ1) is 4.95. The van der Waals surface area contributed by atoms with Crippen LogP contribution in [0.2, 0.25) is 0 Å². The number of carbonyl (C=O) groups excluding carboxylic acids is 1. The minimum atomic E-state index is -1.28.